The minimum absolute atomic E-state index is 0. The number of carbonyl (C=O) groups is 1. The molecule has 0 aromatic carbocycles. The lowest BCUT2D eigenvalue weighted by Gasteiger charge is -2.04. The van der Waals surface area contributed by atoms with Gasteiger partial charge in [0.15, 0.2) is 12.4 Å². The van der Waals surface area contributed by atoms with Crippen molar-refractivity contribution in [3.63, 3.8) is 0 Å². The monoisotopic (exact) mass is 349 g/mol. The quantitative estimate of drug-likeness (QED) is 0.564. The van der Waals surface area contributed by atoms with Gasteiger partial charge in [-0.2, -0.15) is 0 Å². The molecule has 0 radical (unpaired) electrons. The lowest BCUT2D eigenvalue weighted by Crippen LogP contribution is -3.00. The van der Waals surface area contributed by atoms with Crippen LogP contribution in [-0.2, 0) is 11.3 Å². The van der Waals surface area contributed by atoms with Crippen molar-refractivity contribution in [2.75, 3.05) is 5.32 Å². The Kier molecular flexibility index (Phi) is 7.61. The molecule has 112 valence electrons. The lowest BCUT2D eigenvalue weighted by molar-refractivity contribution is -0.697. The summed E-state index contributed by atoms with van der Waals surface area (Å²) in [4.78, 5) is 15.9. The first kappa shape index (κ1) is 17.3. The van der Waals surface area contributed by atoms with Crippen molar-refractivity contribution in [2.45, 2.75) is 32.7 Å². The molecular weight excluding hydrogens is 330 g/mol. The molecule has 0 fully saturated rings. The van der Waals surface area contributed by atoms with Gasteiger partial charge in [0, 0.05) is 31.2 Å². The van der Waals surface area contributed by atoms with Gasteiger partial charge in [0.25, 0.3) is 0 Å². The number of nitrogens with one attached hydrogen (secondary N) is 1. The standard InChI is InChI=1S/C16H19N3O.BrH/c1-14-8-9-17-15(13-14)18-16(20)7-3-6-12-19-10-4-2-5-11-19;/h2,4-5,8-11,13H,3,6-7,12H2,1H3;1H. The maximum Gasteiger partial charge on any atom is 0.225 e. The topological polar surface area (TPSA) is 45.9 Å². The van der Waals surface area contributed by atoms with E-state index in [0.29, 0.717) is 12.2 Å². The average Bonchev–Trinajstić information content (AvgIpc) is 2.45. The molecule has 0 atom stereocenters. The molecular formula is C16H20BrN3O. The number of halogens is 1. The zero-order chi connectivity index (χ0) is 14.2. The molecule has 0 aliphatic heterocycles. The molecule has 0 unspecified atom stereocenters. The number of hydrogen-bond acceptors (Lipinski definition) is 2. The Hall–Kier alpha value is -1.75. The number of anilines is 1. The van der Waals surface area contributed by atoms with Crippen molar-refractivity contribution in [1.29, 1.82) is 0 Å². The summed E-state index contributed by atoms with van der Waals surface area (Å²) in [7, 11) is 0. The van der Waals surface area contributed by atoms with Crippen LogP contribution in [0, 0.1) is 6.92 Å². The number of rotatable bonds is 6. The summed E-state index contributed by atoms with van der Waals surface area (Å²) in [5.41, 5.74) is 1.09. The highest BCUT2D eigenvalue weighted by atomic mass is 79.9. The van der Waals surface area contributed by atoms with Crippen LogP contribution in [0.2, 0.25) is 0 Å². The third kappa shape index (κ3) is 6.49. The summed E-state index contributed by atoms with van der Waals surface area (Å²) in [5, 5.41) is 2.82. The normalized spacial score (nSPS) is 9.76. The third-order valence-corrected chi connectivity index (χ3v) is 3.03. The Bertz CT molecular complexity index is 560. The second-order valence-electron chi connectivity index (χ2n) is 4.84. The maximum atomic E-state index is 11.8. The SMILES string of the molecule is Cc1ccnc(NC(=O)CCCC[n+]2ccccc2)c1.[Br-]. The molecule has 0 aliphatic carbocycles. The summed E-state index contributed by atoms with van der Waals surface area (Å²) in [6.07, 6.45) is 8.18. The summed E-state index contributed by atoms with van der Waals surface area (Å²) in [6, 6.07) is 9.80. The Morgan fingerprint density at radius 3 is 2.71 bits per heavy atom. The predicted octanol–water partition coefficient (Wildman–Crippen LogP) is -0.509. The van der Waals surface area contributed by atoms with E-state index in [4.69, 9.17) is 0 Å². The van der Waals surface area contributed by atoms with E-state index in [1.165, 1.54) is 0 Å². The third-order valence-electron chi connectivity index (χ3n) is 3.03. The number of aromatic nitrogens is 2. The van der Waals surface area contributed by atoms with E-state index in [-0.39, 0.29) is 22.9 Å². The molecule has 0 saturated heterocycles. The van der Waals surface area contributed by atoms with Gasteiger partial charge in [-0.15, -0.1) is 0 Å². The van der Waals surface area contributed by atoms with Gasteiger partial charge in [0.2, 0.25) is 5.91 Å². The number of nitrogens with zero attached hydrogens (tertiary/aromatic N) is 2. The fourth-order valence-electron chi connectivity index (χ4n) is 1.97. The molecule has 0 aliphatic rings. The van der Waals surface area contributed by atoms with Gasteiger partial charge >= 0.3 is 0 Å². The van der Waals surface area contributed by atoms with Crippen LogP contribution in [0.15, 0.2) is 48.9 Å². The molecule has 5 heteroatoms. The van der Waals surface area contributed by atoms with Crippen molar-refractivity contribution < 1.29 is 26.3 Å². The fraction of sp³-hybridized carbons (Fsp3) is 0.312. The van der Waals surface area contributed by atoms with Gasteiger partial charge in [-0.25, -0.2) is 9.55 Å². The van der Waals surface area contributed by atoms with E-state index in [1.807, 2.05) is 49.6 Å². The Balaban J connectivity index is 0.00000220. The molecule has 2 heterocycles. The van der Waals surface area contributed by atoms with Gasteiger partial charge in [-0.3, -0.25) is 4.79 Å². The maximum absolute atomic E-state index is 11.8. The molecule has 0 spiro atoms. The van der Waals surface area contributed by atoms with Crippen LogP contribution in [0.4, 0.5) is 5.82 Å². The van der Waals surface area contributed by atoms with Gasteiger partial charge in [-0.1, -0.05) is 6.07 Å². The largest absolute Gasteiger partial charge is 1.00 e. The molecule has 1 amide bonds. The Morgan fingerprint density at radius 2 is 2.00 bits per heavy atom. The molecule has 2 rings (SSSR count). The molecule has 2 aromatic rings. The van der Waals surface area contributed by atoms with Crippen molar-refractivity contribution in [1.82, 2.24) is 4.98 Å². The van der Waals surface area contributed by atoms with Crippen molar-refractivity contribution in [2.24, 2.45) is 0 Å². The van der Waals surface area contributed by atoms with E-state index in [1.54, 1.807) is 6.20 Å². The predicted molar refractivity (Wildman–Crippen MR) is 78.1 cm³/mol. The molecule has 4 nitrogen and oxygen atoms in total. The average molecular weight is 350 g/mol. The van der Waals surface area contributed by atoms with Gasteiger partial charge in [0.1, 0.15) is 12.4 Å². The van der Waals surface area contributed by atoms with E-state index in [2.05, 4.69) is 14.9 Å². The molecule has 0 bridgehead atoms. The highest BCUT2D eigenvalue weighted by Crippen LogP contribution is 2.06. The summed E-state index contributed by atoms with van der Waals surface area (Å²) < 4.78 is 2.13. The highest BCUT2D eigenvalue weighted by molar-refractivity contribution is 5.89. The number of pyridine rings is 2. The fourth-order valence-corrected chi connectivity index (χ4v) is 1.97. The smallest absolute Gasteiger partial charge is 0.225 e. The summed E-state index contributed by atoms with van der Waals surface area (Å²) >= 11 is 0. The van der Waals surface area contributed by atoms with Gasteiger partial charge in [0.05, 0.1) is 0 Å². The number of unbranched alkanes of at least 4 members (excludes halogenated alkanes) is 1. The first-order valence-corrected chi connectivity index (χ1v) is 6.90. The van der Waals surface area contributed by atoms with Crippen LogP contribution in [0.3, 0.4) is 0 Å². The molecule has 2 aromatic heterocycles. The van der Waals surface area contributed by atoms with Gasteiger partial charge < -0.3 is 22.3 Å². The van der Waals surface area contributed by atoms with Crippen LogP contribution in [0.5, 0.6) is 0 Å². The number of aryl methyl sites for hydroxylation is 2. The minimum atomic E-state index is 0. The molecule has 1 N–H and O–H groups in total. The van der Waals surface area contributed by atoms with Crippen molar-refractivity contribution in [3.8, 4) is 0 Å². The first-order valence-electron chi connectivity index (χ1n) is 6.90. The second-order valence-corrected chi connectivity index (χ2v) is 4.84. The van der Waals surface area contributed by atoms with Crippen LogP contribution < -0.4 is 26.9 Å². The molecule has 0 saturated carbocycles. The number of hydrogen-bond donors (Lipinski definition) is 1. The second kappa shape index (κ2) is 9.23. The molecule has 21 heavy (non-hydrogen) atoms. The summed E-state index contributed by atoms with van der Waals surface area (Å²) in [5.74, 6) is 0.661. The summed E-state index contributed by atoms with van der Waals surface area (Å²) in [6.45, 7) is 2.92. The Morgan fingerprint density at radius 1 is 1.24 bits per heavy atom. The van der Waals surface area contributed by atoms with Crippen LogP contribution >= 0.6 is 0 Å². The number of amides is 1. The lowest BCUT2D eigenvalue weighted by atomic mass is 10.2. The van der Waals surface area contributed by atoms with Crippen molar-refractivity contribution in [3.05, 3.63) is 54.5 Å². The van der Waals surface area contributed by atoms with E-state index >= 15 is 0 Å². The highest BCUT2D eigenvalue weighted by Gasteiger charge is 2.04. The van der Waals surface area contributed by atoms with Crippen LogP contribution in [0.25, 0.3) is 0 Å². The van der Waals surface area contributed by atoms with Crippen LogP contribution in [-0.4, -0.2) is 10.9 Å². The zero-order valence-corrected chi connectivity index (χ0v) is 13.7. The Labute approximate surface area is 136 Å². The van der Waals surface area contributed by atoms with E-state index < -0.39 is 0 Å². The van der Waals surface area contributed by atoms with Gasteiger partial charge in [-0.05, 0) is 31.0 Å². The van der Waals surface area contributed by atoms with E-state index in [0.717, 1.165) is 24.9 Å². The van der Waals surface area contributed by atoms with E-state index in [9.17, 15) is 4.79 Å². The van der Waals surface area contributed by atoms with Crippen LogP contribution in [0.1, 0.15) is 24.8 Å². The minimum Gasteiger partial charge on any atom is -1.00 e. The zero-order valence-electron chi connectivity index (χ0n) is 12.1. The first-order chi connectivity index (χ1) is 9.74. The number of carbonyl (C=O) groups excluding carboxylic acids is 1. The van der Waals surface area contributed by atoms with Crippen molar-refractivity contribution >= 4 is 11.7 Å².